The highest BCUT2D eigenvalue weighted by Crippen LogP contribution is 2.26. The molecule has 0 spiro atoms. The molecule has 0 unspecified atom stereocenters. The zero-order valence-corrected chi connectivity index (χ0v) is 9.11. The van der Waals surface area contributed by atoms with Gasteiger partial charge in [0.2, 0.25) is 0 Å². The van der Waals surface area contributed by atoms with Crippen LogP contribution in [0.2, 0.25) is 0 Å². The molecular weight excluding hydrogens is 204 g/mol. The lowest BCUT2D eigenvalue weighted by atomic mass is 10.0. The van der Waals surface area contributed by atoms with E-state index < -0.39 is 5.97 Å². The molecule has 0 fully saturated rings. The fraction of sp³-hybridized carbons (Fsp3) is 0.167. The summed E-state index contributed by atoms with van der Waals surface area (Å²) in [4.78, 5) is 15.1. The molecule has 0 amide bonds. The fourth-order valence-electron chi connectivity index (χ4n) is 1.85. The maximum Gasteiger partial charge on any atom is 0.339 e. The second-order valence-electron chi connectivity index (χ2n) is 3.87. The van der Waals surface area contributed by atoms with Crippen molar-refractivity contribution in [2.24, 2.45) is 0 Å². The van der Waals surface area contributed by atoms with Crippen LogP contribution in [0.25, 0.3) is 10.9 Å². The van der Waals surface area contributed by atoms with Gasteiger partial charge in [-0.3, -0.25) is 4.98 Å². The quantitative estimate of drug-likeness (QED) is 0.765. The molecule has 0 saturated heterocycles. The third kappa shape index (κ3) is 1.48. The maximum absolute atomic E-state index is 10.9. The molecule has 0 radical (unpaired) electrons. The van der Waals surface area contributed by atoms with Crippen LogP contribution in [0.3, 0.4) is 0 Å². The Balaban J connectivity index is 2.89. The summed E-state index contributed by atoms with van der Waals surface area (Å²) in [7, 11) is 0. The van der Waals surface area contributed by atoms with Gasteiger partial charge in [0, 0.05) is 11.6 Å². The number of fused-ring (bicyclic) bond motifs is 1. The third-order valence-electron chi connectivity index (χ3n) is 2.58. The van der Waals surface area contributed by atoms with E-state index in [2.05, 4.69) is 4.98 Å². The Hall–Kier alpha value is -2.10. The molecule has 1 aromatic carbocycles. The number of hydrogen-bond donors (Lipinski definition) is 2. The normalized spacial score (nSPS) is 10.6. The lowest BCUT2D eigenvalue weighted by Gasteiger charge is -2.08. The minimum Gasteiger partial charge on any atom is -0.478 e. The van der Waals surface area contributed by atoms with E-state index in [1.54, 1.807) is 0 Å². The number of aromatic nitrogens is 1. The van der Waals surface area contributed by atoms with Crippen molar-refractivity contribution in [3.8, 4) is 0 Å². The van der Waals surface area contributed by atoms with Crippen molar-refractivity contribution in [1.82, 2.24) is 4.98 Å². The van der Waals surface area contributed by atoms with E-state index in [1.165, 1.54) is 6.20 Å². The van der Waals surface area contributed by atoms with E-state index in [4.69, 9.17) is 10.8 Å². The van der Waals surface area contributed by atoms with Gasteiger partial charge in [-0.2, -0.15) is 0 Å². The highest BCUT2D eigenvalue weighted by atomic mass is 16.4. The first-order chi connectivity index (χ1) is 7.50. The minimum atomic E-state index is -1.05. The second-order valence-corrected chi connectivity index (χ2v) is 3.87. The van der Waals surface area contributed by atoms with Gasteiger partial charge in [-0.05, 0) is 25.5 Å². The third-order valence-corrected chi connectivity index (χ3v) is 2.58. The molecule has 0 saturated carbocycles. The Bertz CT molecular complexity index is 591. The van der Waals surface area contributed by atoms with Gasteiger partial charge < -0.3 is 10.8 Å². The Morgan fingerprint density at radius 1 is 1.38 bits per heavy atom. The first-order valence-corrected chi connectivity index (χ1v) is 4.89. The van der Waals surface area contributed by atoms with Crippen LogP contribution in [-0.2, 0) is 0 Å². The number of aryl methyl sites for hydroxylation is 2. The highest BCUT2D eigenvalue weighted by molar-refractivity contribution is 6.04. The molecule has 1 heterocycles. The molecule has 3 N–H and O–H groups in total. The zero-order valence-electron chi connectivity index (χ0n) is 9.11. The van der Waals surface area contributed by atoms with E-state index in [-0.39, 0.29) is 11.3 Å². The van der Waals surface area contributed by atoms with Crippen LogP contribution in [0.4, 0.5) is 5.69 Å². The summed E-state index contributed by atoms with van der Waals surface area (Å²) in [5, 5.41) is 9.65. The van der Waals surface area contributed by atoms with Gasteiger partial charge in [0.15, 0.2) is 0 Å². The van der Waals surface area contributed by atoms with Gasteiger partial charge in [0.05, 0.1) is 11.2 Å². The number of nitrogens with zero attached hydrogens (tertiary/aromatic N) is 1. The number of benzene rings is 1. The van der Waals surface area contributed by atoms with Crippen LogP contribution in [-0.4, -0.2) is 16.1 Å². The summed E-state index contributed by atoms with van der Waals surface area (Å²) in [6.07, 6.45) is 1.31. The number of pyridine rings is 1. The first-order valence-electron chi connectivity index (χ1n) is 4.89. The Morgan fingerprint density at radius 2 is 2.06 bits per heavy atom. The van der Waals surface area contributed by atoms with Crippen molar-refractivity contribution in [3.63, 3.8) is 0 Å². The van der Waals surface area contributed by atoms with Crippen LogP contribution < -0.4 is 5.73 Å². The average molecular weight is 216 g/mol. The molecule has 0 atom stereocenters. The van der Waals surface area contributed by atoms with Crippen LogP contribution in [0.15, 0.2) is 18.3 Å². The molecule has 0 aliphatic carbocycles. The molecule has 4 nitrogen and oxygen atoms in total. The molecule has 1 aromatic heterocycles. The molecule has 16 heavy (non-hydrogen) atoms. The Kier molecular flexibility index (Phi) is 2.27. The number of hydrogen-bond acceptors (Lipinski definition) is 3. The van der Waals surface area contributed by atoms with Crippen molar-refractivity contribution in [2.45, 2.75) is 13.8 Å². The molecule has 0 aliphatic rings. The maximum atomic E-state index is 10.9. The fourth-order valence-corrected chi connectivity index (χ4v) is 1.85. The average Bonchev–Trinajstić information content (AvgIpc) is 2.19. The predicted octanol–water partition coefficient (Wildman–Crippen LogP) is 2.13. The minimum absolute atomic E-state index is 0.0532. The standard InChI is InChI=1S/C12H12N2O2/c1-6-3-7(2)11-8(4-6)10(13)9(5-14-11)12(15)16/h3-5H,1-2H3,(H2,13,14)(H,15,16). The van der Waals surface area contributed by atoms with E-state index in [0.717, 1.165) is 16.6 Å². The van der Waals surface area contributed by atoms with E-state index >= 15 is 0 Å². The Morgan fingerprint density at radius 3 is 2.69 bits per heavy atom. The number of rotatable bonds is 1. The molecule has 4 heteroatoms. The van der Waals surface area contributed by atoms with Crippen molar-refractivity contribution in [1.29, 1.82) is 0 Å². The summed E-state index contributed by atoms with van der Waals surface area (Å²) in [5.41, 5.74) is 8.97. The molecular formula is C12H12N2O2. The van der Waals surface area contributed by atoms with Gasteiger partial charge in [0.25, 0.3) is 0 Å². The summed E-state index contributed by atoms with van der Waals surface area (Å²) < 4.78 is 0. The number of carboxylic acids is 1. The van der Waals surface area contributed by atoms with Crippen molar-refractivity contribution in [3.05, 3.63) is 35.0 Å². The van der Waals surface area contributed by atoms with Gasteiger partial charge in [0.1, 0.15) is 5.56 Å². The molecule has 0 bridgehead atoms. The first kappa shape index (κ1) is 10.4. The molecule has 2 rings (SSSR count). The summed E-state index contributed by atoms with van der Waals surface area (Å²) in [6.45, 7) is 3.88. The molecule has 2 aromatic rings. The van der Waals surface area contributed by atoms with Crippen molar-refractivity contribution in [2.75, 3.05) is 5.73 Å². The van der Waals surface area contributed by atoms with Crippen LogP contribution in [0.5, 0.6) is 0 Å². The molecule has 0 aliphatic heterocycles. The number of aromatic carboxylic acids is 1. The second kappa shape index (κ2) is 3.48. The summed E-state index contributed by atoms with van der Waals surface area (Å²) in [6, 6.07) is 3.85. The molecule has 82 valence electrons. The smallest absolute Gasteiger partial charge is 0.339 e. The number of carbonyl (C=O) groups is 1. The lowest BCUT2D eigenvalue weighted by Crippen LogP contribution is -2.04. The highest BCUT2D eigenvalue weighted by Gasteiger charge is 2.12. The van der Waals surface area contributed by atoms with Crippen LogP contribution >= 0.6 is 0 Å². The predicted molar refractivity (Wildman–Crippen MR) is 62.6 cm³/mol. The van der Waals surface area contributed by atoms with Gasteiger partial charge in [-0.1, -0.05) is 11.6 Å². The van der Waals surface area contributed by atoms with Crippen molar-refractivity contribution >= 4 is 22.6 Å². The van der Waals surface area contributed by atoms with Gasteiger partial charge >= 0.3 is 5.97 Å². The lowest BCUT2D eigenvalue weighted by molar-refractivity contribution is 0.0698. The van der Waals surface area contributed by atoms with Crippen molar-refractivity contribution < 1.29 is 9.90 Å². The van der Waals surface area contributed by atoms with E-state index in [0.29, 0.717) is 5.39 Å². The van der Waals surface area contributed by atoms with E-state index in [9.17, 15) is 4.79 Å². The zero-order chi connectivity index (χ0) is 11.9. The van der Waals surface area contributed by atoms with E-state index in [1.807, 2.05) is 26.0 Å². The largest absolute Gasteiger partial charge is 0.478 e. The number of anilines is 1. The number of carboxylic acid groups (broad SMARTS) is 1. The number of nitrogens with two attached hydrogens (primary N) is 1. The summed E-state index contributed by atoms with van der Waals surface area (Å²) in [5.74, 6) is -1.05. The van der Waals surface area contributed by atoms with Crippen LogP contribution in [0.1, 0.15) is 21.5 Å². The summed E-state index contributed by atoms with van der Waals surface area (Å²) >= 11 is 0. The monoisotopic (exact) mass is 216 g/mol. The Labute approximate surface area is 92.7 Å². The number of nitrogen functional groups attached to an aromatic ring is 1. The van der Waals surface area contributed by atoms with Gasteiger partial charge in [-0.25, -0.2) is 4.79 Å². The topological polar surface area (TPSA) is 76.2 Å². The van der Waals surface area contributed by atoms with Crippen LogP contribution in [0, 0.1) is 13.8 Å². The van der Waals surface area contributed by atoms with Gasteiger partial charge in [-0.15, -0.1) is 0 Å². The SMILES string of the molecule is Cc1cc(C)c2ncc(C(=O)O)c(N)c2c1.